The minimum atomic E-state index is -1.19. The topological polar surface area (TPSA) is 108 Å². The number of carbonyl (C=O) groups is 2. The summed E-state index contributed by atoms with van der Waals surface area (Å²) in [6.07, 6.45) is 1.72. The van der Waals surface area contributed by atoms with Crippen LogP contribution in [-0.2, 0) is 0 Å². The summed E-state index contributed by atoms with van der Waals surface area (Å²) in [5.41, 5.74) is 2.65. The molecule has 1 unspecified atom stereocenters. The van der Waals surface area contributed by atoms with Gasteiger partial charge in [-0.25, -0.2) is 4.79 Å². The fraction of sp³-hybridized carbons (Fsp3) is 0.0476. The Hall–Kier alpha value is -3.17. The number of hydrogen-bond donors (Lipinski definition) is 4. The fourth-order valence-electron chi connectivity index (χ4n) is 3.19. The van der Waals surface area contributed by atoms with Crippen molar-refractivity contribution in [3.8, 4) is 0 Å². The Bertz CT molecular complexity index is 1270. The number of pyridine rings is 1. The number of aromatic amines is 1. The number of amides is 1. The van der Waals surface area contributed by atoms with Crippen molar-refractivity contribution in [1.29, 1.82) is 0 Å². The van der Waals surface area contributed by atoms with E-state index in [1.54, 1.807) is 18.3 Å². The lowest BCUT2D eigenvalue weighted by Crippen LogP contribution is -2.16. The van der Waals surface area contributed by atoms with Gasteiger partial charge in [0.2, 0.25) is 0 Å². The lowest BCUT2D eigenvalue weighted by molar-refractivity contribution is 0.0689. The lowest BCUT2D eigenvalue weighted by Gasteiger charge is -2.17. The Kier molecular flexibility index (Phi) is 5.56. The molecule has 0 aliphatic heterocycles. The van der Waals surface area contributed by atoms with Crippen LogP contribution in [0.25, 0.3) is 10.9 Å². The summed E-state index contributed by atoms with van der Waals surface area (Å²) in [4.78, 5) is 28.6. The van der Waals surface area contributed by atoms with Crippen LogP contribution in [0.2, 0.25) is 0 Å². The molecule has 2 aromatic heterocycles. The number of aromatic nitrogens is 3. The van der Waals surface area contributed by atoms with Crippen molar-refractivity contribution in [2.75, 3.05) is 5.32 Å². The number of benzene rings is 2. The predicted molar refractivity (Wildman–Crippen MR) is 120 cm³/mol. The summed E-state index contributed by atoms with van der Waals surface area (Å²) in [5.74, 6) is -1.52. The second kappa shape index (κ2) is 8.29. The number of aromatic carboxylic acids is 1. The first kappa shape index (κ1) is 20.1. The maximum atomic E-state index is 13.0. The highest BCUT2D eigenvalue weighted by Gasteiger charge is 2.22. The predicted octanol–water partition coefficient (Wildman–Crippen LogP) is 4.69. The zero-order chi connectivity index (χ0) is 21.3. The smallest absolute Gasteiger partial charge is 0.355 e. The van der Waals surface area contributed by atoms with E-state index in [0.717, 1.165) is 16.5 Å². The third-order valence-corrected chi connectivity index (χ3v) is 5.94. The molecule has 4 aromatic rings. The van der Waals surface area contributed by atoms with E-state index in [-0.39, 0.29) is 16.0 Å². The first-order chi connectivity index (χ1) is 14.5. The molecule has 1 atom stereocenters. The van der Waals surface area contributed by atoms with Gasteiger partial charge < -0.3 is 10.4 Å². The molecule has 0 saturated carbocycles. The molecule has 2 heterocycles. The Labute approximate surface area is 185 Å². The number of H-pyrrole nitrogens is 1. The van der Waals surface area contributed by atoms with Crippen LogP contribution in [0.4, 0.5) is 5.82 Å². The molecule has 0 radical (unpaired) electrons. The van der Waals surface area contributed by atoms with Gasteiger partial charge >= 0.3 is 5.97 Å². The second-order valence-corrected chi connectivity index (χ2v) is 7.74. The first-order valence-electron chi connectivity index (χ1n) is 8.86. The second-order valence-electron chi connectivity index (χ2n) is 6.43. The number of rotatable bonds is 5. The van der Waals surface area contributed by atoms with Crippen LogP contribution in [0.3, 0.4) is 0 Å². The zero-order valence-electron chi connectivity index (χ0n) is 15.3. The molecule has 0 spiro atoms. The number of thiol groups is 1. The Morgan fingerprint density at radius 1 is 1.07 bits per heavy atom. The Balaban J connectivity index is 1.70. The van der Waals surface area contributed by atoms with Gasteiger partial charge in [0.1, 0.15) is 0 Å². The van der Waals surface area contributed by atoms with E-state index >= 15 is 0 Å². The molecule has 1 amide bonds. The van der Waals surface area contributed by atoms with Crippen molar-refractivity contribution in [2.24, 2.45) is 0 Å². The third-order valence-electron chi connectivity index (χ3n) is 4.61. The standard InChI is InChI=1S/C21H15BrN4O3S/c22-15-17(21(28)29)25-26-19(15)24-20(27)13-8-2-1-7-12(13)18(30)14-9-3-5-11-6-4-10-23-16(11)14/h1-10,18,30H,(H,28,29)(H2,24,25,26,27). The van der Waals surface area contributed by atoms with Gasteiger partial charge in [0.25, 0.3) is 5.91 Å². The summed E-state index contributed by atoms with van der Waals surface area (Å²) in [6, 6.07) is 16.8. The highest BCUT2D eigenvalue weighted by molar-refractivity contribution is 9.10. The van der Waals surface area contributed by atoms with Crippen LogP contribution in [0.15, 0.2) is 65.3 Å². The summed E-state index contributed by atoms with van der Waals surface area (Å²) in [5, 5.41) is 18.6. The van der Waals surface area contributed by atoms with Gasteiger partial charge in [0.05, 0.1) is 15.2 Å². The van der Waals surface area contributed by atoms with Crippen LogP contribution >= 0.6 is 28.6 Å². The van der Waals surface area contributed by atoms with Crippen molar-refractivity contribution in [1.82, 2.24) is 15.2 Å². The first-order valence-corrected chi connectivity index (χ1v) is 10.2. The molecule has 0 fully saturated rings. The minimum absolute atomic E-state index is 0.0924. The summed E-state index contributed by atoms with van der Waals surface area (Å²) in [7, 11) is 0. The maximum Gasteiger partial charge on any atom is 0.355 e. The third kappa shape index (κ3) is 3.69. The number of fused-ring (bicyclic) bond motifs is 1. The normalized spacial score (nSPS) is 11.9. The Morgan fingerprint density at radius 3 is 2.57 bits per heavy atom. The SMILES string of the molecule is O=C(Nc1n[nH]c(C(=O)O)c1Br)c1ccccc1C(S)c1cccc2cccnc12. The van der Waals surface area contributed by atoms with Gasteiger partial charge in [-0.1, -0.05) is 42.5 Å². The molecule has 7 nitrogen and oxygen atoms in total. The van der Waals surface area contributed by atoms with E-state index in [1.165, 1.54) is 0 Å². The van der Waals surface area contributed by atoms with E-state index in [9.17, 15) is 9.59 Å². The molecule has 0 saturated heterocycles. The molecule has 30 heavy (non-hydrogen) atoms. The summed E-state index contributed by atoms with van der Waals surface area (Å²) in [6.45, 7) is 0. The number of nitrogens with one attached hydrogen (secondary N) is 2. The van der Waals surface area contributed by atoms with Gasteiger partial charge in [-0.05, 0) is 39.2 Å². The van der Waals surface area contributed by atoms with Gasteiger partial charge in [-0.2, -0.15) is 17.7 Å². The molecule has 0 bridgehead atoms. The van der Waals surface area contributed by atoms with Crippen LogP contribution in [-0.4, -0.2) is 32.2 Å². The molecule has 3 N–H and O–H groups in total. The van der Waals surface area contributed by atoms with Crippen LogP contribution < -0.4 is 5.32 Å². The average Bonchev–Trinajstić information content (AvgIpc) is 3.13. The number of halogens is 1. The molecular formula is C21H15BrN4O3S. The minimum Gasteiger partial charge on any atom is -0.476 e. The number of hydrogen-bond acceptors (Lipinski definition) is 5. The summed E-state index contributed by atoms with van der Waals surface area (Å²) < 4.78 is 0.168. The Morgan fingerprint density at radius 2 is 1.80 bits per heavy atom. The maximum absolute atomic E-state index is 13.0. The van der Waals surface area contributed by atoms with Crippen LogP contribution in [0, 0.1) is 0 Å². The van der Waals surface area contributed by atoms with Crippen molar-refractivity contribution >= 4 is 57.2 Å². The van der Waals surface area contributed by atoms with E-state index in [0.29, 0.717) is 11.1 Å². The number of nitrogens with zero attached hydrogens (tertiary/aromatic N) is 2. The average molecular weight is 483 g/mol. The number of anilines is 1. The van der Waals surface area contributed by atoms with Gasteiger partial charge in [0.15, 0.2) is 11.5 Å². The van der Waals surface area contributed by atoms with Crippen LogP contribution in [0.1, 0.15) is 37.2 Å². The highest BCUT2D eigenvalue weighted by atomic mass is 79.9. The van der Waals surface area contributed by atoms with E-state index < -0.39 is 17.1 Å². The fourth-order valence-corrected chi connectivity index (χ4v) is 4.07. The molecule has 150 valence electrons. The van der Waals surface area contributed by atoms with Crippen LogP contribution in [0.5, 0.6) is 0 Å². The molecule has 0 aliphatic carbocycles. The highest BCUT2D eigenvalue weighted by Crippen LogP contribution is 2.35. The van der Waals surface area contributed by atoms with Crippen molar-refractivity contribution in [3.05, 3.63) is 87.7 Å². The molecule has 4 rings (SSSR count). The van der Waals surface area contributed by atoms with E-state index in [4.69, 9.17) is 17.7 Å². The quantitative estimate of drug-likeness (QED) is 0.308. The van der Waals surface area contributed by atoms with Gasteiger partial charge in [-0.15, -0.1) is 0 Å². The monoisotopic (exact) mass is 482 g/mol. The van der Waals surface area contributed by atoms with E-state index in [1.807, 2.05) is 42.5 Å². The number of carbonyl (C=O) groups excluding carboxylic acids is 1. The molecule has 9 heteroatoms. The molecule has 0 aliphatic rings. The van der Waals surface area contributed by atoms with Crippen molar-refractivity contribution in [3.63, 3.8) is 0 Å². The zero-order valence-corrected chi connectivity index (χ0v) is 17.8. The summed E-state index contributed by atoms with van der Waals surface area (Å²) >= 11 is 7.95. The van der Waals surface area contributed by atoms with Gasteiger partial charge in [-0.3, -0.25) is 14.9 Å². The molecule has 2 aromatic carbocycles. The van der Waals surface area contributed by atoms with Gasteiger partial charge in [0, 0.05) is 17.1 Å². The van der Waals surface area contributed by atoms with E-state index in [2.05, 4.69) is 36.4 Å². The van der Waals surface area contributed by atoms with Crippen molar-refractivity contribution in [2.45, 2.75) is 5.25 Å². The molecular weight excluding hydrogens is 468 g/mol. The van der Waals surface area contributed by atoms with Crippen molar-refractivity contribution < 1.29 is 14.7 Å². The largest absolute Gasteiger partial charge is 0.476 e. The number of para-hydroxylation sites is 1. The lowest BCUT2D eigenvalue weighted by atomic mass is 9.97. The number of carboxylic acid groups (broad SMARTS) is 1. The number of carboxylic acids is 1.